The second kappa shape index (κ2) is 3.59. The van der Waals surface area contributed by atoms with Crippen molar-refractivity contribution in [2.75, 3.05) is 0 Å². The number of aliphatic carboxylic acids is 1. The fourth-order valence-electron chi connectivity index (χ4n) is 2.10. The maximum atomic E-state index is 11.4. The molecular formula is C13H17NO2. The van der Waals surface area contributed by atoms with Gasteiger partial charge in [-0.1, -0.05) is 37.3 Å². The van der Waals surface area contributed by atoms with Crippen molar-refractivity contribution in [2.24, 2.45) is 11.1 Å². The van der Waals surface area contributed by atoms with Crippen LogP contribution in [0.25, 0.3) is 0 Å². The first-order valence-electron chi connectivity index (χ1n) is 5.54. The van der Waals surface area contributed by atoms with Gasteiger partial charge < -0.3 is 10.8 Å². The van der Waals surface area contributed by atoms with Crippen molar-refractivity contribution < 1.29 is 9.90 Å². The highest BCUT2D eigenvalue weighted by atomic mass is 16.4. The number of hydrogen-bond donors (Lipinski definition) is 2. The Morgan fingerprint density at radius 1 is 1.44 bits per heavy atom. The molecule has 1 aromatic rings. The third-order valence-corrected chi connectivity index (χ3v) is 3.48. The van der Waals surface area contributed by atoms with Crippen LogP contribution >= 0.6 is 0 Å². The van der Waals surface area contributed by atoms with Crippen LogP contribution in [-0.4, -0.2) is 11.1 Å². The largest absolute Gasteiger partial charge is 0.480 e. The maximum absolute atomic E-state index is 11.4. The molecule has 0 amide bonds. The summed E-state index contributed by atoms with van der Waals surface area (Å²) < 4.78 is 0. The zero-order valence-electron chi connectivity index (χ0n) is 9.44. The Balaban J connectivity index is 2.32. The lowest BCUT2D eigenvalue weighted by atomic mass is 9.81. The summed E-state index contributed by atoms with van der Waals surface area (Å²) in [5.41, 5.74) is 5.65. The van der Waals surface area contributed by atoms with E-state index >= 15 is 0 Å². The van der Waals surface area contributed by atoms with E-state index in [-0.39, 0.29) is 5.41 Å². The minimum atomic E-state index is -1.24. The maximum Gasteiger partial charge on any atom is 0.328 e. The molecule has 86 valence electrons. The summed E-state index contributed by atoms with van der Waals surface area (Å²) in [6.45, 7) is 2.10. The van der Waals surface area contributed by atoms with Crippen molar-refractivity contribution in [3.63, 3.8) is 0 Å². The number of carboxylic acids is 1. The van der Waals surface area contributed by atoms with Gasteiger partial charge in [-0.25, -0.2) is 4.79 Å². The molecule has 1 unspecified atom stereocenters. The molecule has 16 heavy (non-hydrogen) atoms. The van der Waals surface area contributed by atoms with E-state index in [0.717, 1.165) is 12.8 Å². The standard InChI is InChI=1S/C13H17NO2/c1-12(7-8-12)9-13(14,11(15)16)10-5-3-2-4-6-10/h2-6H,7-9,14H2,1H3,(H,15,16). The molecule has 2 rings (SSSR count). The molecule has 3 N–H and O–H groups in total. The molecule has 0 saturated heterocycles. The van der Waals surface area contributed by atoms with E-state index in [1.165, 1.54) is 0 Å². The minimum Gasteiger partial charge on any atom is -0.480 e. The Labute approximate surface area is 95.3 Å². The average molecular weight is 219 g/mol. The van der Waals surface area contributed by atoms with Gasteiger partial charge in [0.05, 0.1) is 0 Å². The highest BCUT2D eigenvalue weighted by molar-refractivity contribution is 5.80. The van der Waals surface area contributed by atoms with Crippen LogP contribution < -0.4 is 5.73 Å². The van der Waals surface area contributed by atoms with Crippen molar-refractivity contribution in [2.45, 2.75) is 31.7 Å². The summed E-state index contributed by atoms with van der Waals surface area (Å²) in [4.78, 5) is 11.4. The zero-order valence-corrected chi connectivity index (χ0v) is 9.44. The topological polar surface area (TPSA) is 63.3 Å². The Hall–Kier alpha value is -1.35. The summed E-state index contributed by atoms with van der Waals surface area (Å²) in [6, 6.07) is 9.11. The molecule has 0 spiro atoms. The van der Waals surface area contributed by atoms with Gasteiger partial charge in [-0.3, -0.25) is 0 Å². The van der Waals surface area contributed by atoms with E-state index in [9.17, 15) is 9.90 Å². The summed E-state index contributed by atoms with van der Waals surface area (Å²) in [6.07, 6.45) is 2.66. The number of nitrogens with two attached hydrogens (primary N) is 1. The van der Waals surface area contributed by atoms with E-state index in [1.807, 2.05) is 18.2 Å². The molecule has 1 fully saturated rings. The van der Waals surface area contributed by atoms with Crippen LogP contribution in [0.2, 0.25) is 0 Å². The second-order valence-corrected chi connectivity index (χ2v) is 5.13. The lowest BCUT2D eigenvalue weighted by Crippen LogP contribution is -2.46. The van der Waals surface area contributed by atoms with Crippen LogP contribution in [-0.2, 0) is 10.3 Å². The second-order valence-electron chi connectivity index (χ2n) is 5.13. The number of hydrogen-bond acceptors (Lipinski definition) is 2. The van der Waals surface area contributed by atoms with E-state index in [2.05, 4.69) is 6.92 Å². The Bertz CT molecular complexity index is 398. The lowest BCUT2D eigenvalue weighted by Gasteiger charge is -2.28. The summed E-state index contributed by atoms with van der Waals surface area (Å²) in [5, 5.41) is 9.35. The summed E-state index contributed by atoms with van der Waals surface area (Å²) >= 11 is 0. The van der Waals surface area contributed by atoms with E-state index < -0.39 is 11.5 Å². The van der Waals surface area contributed by atoms with Crippen molar-refractivity contribution in [3.05, 3.63) is 35.9 Å². The SMILES string of the molecule is CC1(CC(N)(C(=O)O)c2ccccc2)CC1. The monoisotopic (exact) mass is 219 g/mol. The predicted octanol–water partition coefficient (Wildman–Crippen LogP) is 2.12. The van der Waals surface area contributed by atoms with Crippen molar-refractivity contribution >= 4 is 5.97 Å². The molecule has 1 aromatic carbocycles. The van der Waals surface area contributed by atoms with Crippen molar-refractivity contribution in [1.29, 1.82) is 0 Å². The third kappa shape index (κ3) is 1.95. The summed E-state index contributed by atoms with van der Waals surface area (Å²) in [7, 11) is 0. The van der Waals surface area contributed by atoms with E-state index in [0.29, 0.717) is 12.0 Å². The Kier molecular flexibility index (Phi) is 2.50. The van der Waals surface area contributed by atoms with Crippen LogP contribution in [0.3, 0.4) is 0 Å². The predicted molar refractivity (Wildman–Crippen MR) is 61.9 cm³/mol. The normalized spacial score (nSPS) is 21.1. The first kappa shape index (κ1) is 11.1. The Morgan fingerprint density at radius 3 is 2.44 bits per heavy atom. The minimum absolute atomic E-state index is 0.114. The number of carboxylic acid groups (broad SMARTS) is 1. The fraction of sp³-hybridized carbons (Fsp3) is 0.462. The lowest BCUT2D eigenvalue weighted by molar-refractivity contribution is -0.144. The zero-order chi connectivity index (χ0) is 11.8. The van der Waals surface area contributed by atoms with Gasteiger partial charge in [0.15, 0.2) is 0 Å². The van der Waals surface area contributed by atoms with Crippen molar-refractivity contribution in [3.8, 4) is 0 Å². The van der Waals surface area contributed by atoms with Crippen LogP contribution in [0.1, 0.15) is 31.7 Å². The van der Waals surface area contributed by atoms with Crippen LogP contribution in [0.15, 0.2) is 30.3 Å². The van der Waals surface area contributed by atoms with Crippen LogP contribution in [0.4, 0.5) is 0 Å². The molecular weight excluding hydrogens is 202 g/mol. The first-order valence-corrected chi connectivity index (χ1v) is 5.54. The van der Waals surface area contributed by atoms with Crippen LogP contribution in [0.5, 0.6) is 0 Å². The summed E-state index contributed by atoms with van der Waals surface area (Å²) in [5.74, 6) is -0.938. The van der Waals surface area contributed by atoms with E-state index in [4.69, 9.17) is 5.73 Å². The fourth-order valence-corrected chi connectivity index (χ4v) is 2.10. The highest BCUT2D eigenvalue weighted by Gasteiger charge is 2.48. The van der Waals surface area contributed by atoms with Gasteiger partial charge in [0.2, 0.25) is 0 Å². The molecule has 3 heteroatoms. The molecule has 3 nitrogen and oxygen atoms in total. The molecule has 1 saturated carbocycles. The highest BCUT2D eigenvalue weighted by Crippen LogP contribution is 2.52. The molecule has 0 aliphatic heterocycles. The molecule has 1 aliphatic rings. The molecule has 1 atom stereocenters. The van der Waals surface area contributed by atoms with Gasteiger partial charge in [-0.2, -0.15) is 0 Å². The molecule has 1 aliphatic carbocycles. The molecule has 0 heterocycles. The van der Waals surface area contributed by atoms with Gasteiger partial charge >= 0.3 is 5.97 Å². The first-order chi connectivity index (χ1) is 7.46. The van der Waals surface area contributed by atoms with E-state index in [1.54, 1.807) is 12.1 Å². The molecule has 0 aromatic heterocycles. The number of carbonyl (C=O) groups is 1. The third-order valence-electron chi connectivity index (χ3n) is 3.48. The van der Waals surface area contributed by atoms with Gasteiger partial charge in [-0.15, -0.1) is 0 Å². The van der Waals surface area contributed by atoms with Gasteiger partial charge in [0, 0.05) is 0 Å². The number of rotatable bonds is 4. The quantitative estimate of drug-likeness (QED) is 0.815. The molecule has 0 bridgehead atoms. The van der Waals surface area contributed by atoms with Crippen molar-refractivity contribution in [1.82, 2.24) is 0 Å². The smallest absolute Gasteiger partial charge is 0.328 e. The average Bonchev–Trinajstić information content (AvgIpc) is 2.97. The Morgan fingerprint density at radius 2 is 2.00 bits per heavy atom. The van der Waals surface area contributed by atoms with Gasteiger partial charge in [0.1, 0.15) is 5.54 Å². The van der Waals surface area contributed by atoms with Gasteiger partial charge in [0.25, 0.3) is 0 Å². The molecule has 0 radical (unpaired) electrons. The number of benzene rings is 1. The van der Waals surface area contributed by atoms with Gasteiger partial charge in [-0.05, 0) is 30.2 Å². The van der Waals surface area contributed by atoms with Crippen LogP contribution in [0, 0.1) is 5.41 Å².